The number of rotatable bonds is 5. The van der Waals surface area contributed by atoms with E-state index in [1.807, 2.05) is 42.2 Å². The molecule has 2 aromatic rings. The van der Waals surface area contributed by atoms with Crippen molar-refractivity contribution < 1.29 is 9.21 Å². The first-order chi connectivity index (χ1) is 13.2. The highest BCUT2D eigenvalue weighted by Gasteiger charge is 2.35. The van der Waals surface area contributed by atoms with Gasteiger partial charge in [-0.25, -0.2) is 0 Å². The van der Waals surface area contributed by atoms with E-state index in [0.717, 1.165) is 57.7 Å². The minimum absolute atomic E-state index is 0.00351. The van der Waals surface area contributed by atoms with Crippen molar-refractivity contribution in [3.8, 4) is 0 Å². The lowest BCUT2D eigenvalue weighted by Gasteiger charge is -2.42. The second kappa shape index (κ2) is 8.19. The lowest BCUT2D eigenvalue weighted by atomic mass is 10.0. The van der Waals surface area contributed by atoms with Gasteiger partial charge in [-0.05, 0) is 25.0 Å². The van der Waals surface area contributed by atoms with E-state index >= 15 is 0 Å². The Labute approximate surface area is 159 Å². The minimum Gasteiger partial charge on any atom is -0.424 e. The first-order valence-corrected chi connectivity index (χ1v) is 9.88. The van der Waals surface area contributed by atoms with Crippen LogP contribution >= 0.6 is 0 Å². The molecule has 0 unspecified atom stereocenters. The van der Waals surface area contributed by atoms with E-state index < -0.39 is 0 Å². The monoisotopic (exact) mass is 369 g/mol. The summed E-state index contributed by atoms with van der Waals surface area (Å²) >= 11 is 0. The number of carbonyl (C=O) groups is 1. The number of piperazine rings is 1. The highest BCUT2D eigenvalue weighted by Crippen LogP contribution is 2.24. The number of hydrogen-bond acceptors (Lipinski definition) is 6. The van der Waals surface area contributed by atoms with Gasteiger partial charge in [0.25, 0.3) is 0 Å². The van der Waals surface area contributed by atoms with E-state index in [1.54, 1.807) is 0 Å². The Kier molecular flexibility index (Phi) is 5.50. The van der Waals surface area contributed by atoms with Gasteiger partial charge in [0, 0.05) is 44.8 Å². The van der Waals surface area contributed by atoms with Crippen molar-refractivity contribution in [2.45, 2.75) is 38.8 Å². The van der Waals surface area contributed by atoms with Crippen LogP contribution in [0.25, 0.3) is 0 Å². The molecule has 144 valence electrons. The molecule has 7 heteroatoms. The van der Waals surface area contributed by atoms with E-state index in [-0.39, 0.29) is 11.9 Å². The average Bonchev–Trinajstić information content (AvgIpc) is 3.17. The van der Waals surface area contributed by atoms with Crippen LogP contribution in [-0.4, -0.2) is 64.7 Å². The van der Waals surface area contributed by atoms with Gasteiger partial charge in [-0.15, -0.1) is 10.2 Å². The molecule has 2 fully saturated rings. The van der Waals surface area contributed by atoms with E-state index in [2.05, 4.69) is 20.0 Å². The van der Waals surface area contributed by atoms with Crippen molar-refractivity contribution in [1.29, 1.82) is 0 Å². The molecule has 0 radical (unpaired) electrons. The fourth-order valence-electron chi connectivity index (χ4n) is 3.98. The Morgan fingerprint density at radius 3 is 2.48 bits per heavy atom. The first kappa shape index (κ1) is 18.1. The maximum Gasteiger partial charge on any atom is 0.244 e. The predicted molar refractivity (Wildman–Crippen MR) is 102 cm³/mol. The fourth-order valence-corrected chi connectivity index (χ4v) is 3.98. The number of aromatic nitrogens is 2. The van der Waals surface area contributed by atoms with Gasteiger partial charge in [-0.2, -0.15) is 0 Å². The Hall–Kier alpha value is -2.25. The number of para-hydroxylation sites is 1. The molecule has 0 bridgehead atoms. The van der Waals surface area contributed by atoms with Crippen LogP contribution in [-0.2, 0) is 17.8 Å². The van der Waals surface area contributed by atoms with Gasteiger partial charge in [0.1, 0.15) is 0 Å². The highest BCUT2D eigenvalue weighted by atomic mass is 16.4. The molecule has 2 aliphatic rings. The summed E-state index contributed by atoms with van der Waals surface area (Å²) in [5, 5.41) is 8.14. The smallest absolute Gasteiger partial charge is 0.244 e. The average molecular weight is 369 g/mol. The third-order valence-corrected chi connectivity index (χ3v) is 5.50. The summed E-state index contributed by atoms with van der Waals surface area (Å²) in [6.07, 6.45) is 2.77. The molecule has 1 aromatic heterocycles. The largest absolute Gasteiger partial charge is 0.424 e. The summed E-state index contributed by atoms with van der Waals surface area (Å²) in [6.45, 7) is 7.14. The van der Waals surface area contributed by atoms with Crippen molar-refractivity contribution in [3.63, 3.8) is 0 Å². The molecular weight excluding hydrogens is 342 g/mol. The van der Waals surface area contributed by atoms with E-state index in [4.69, 9.17) is 4.42 Å². The number of piperidine rings is 1. The normalized spacial score (nSPS) is 22.3. The topological polar surface area (TPSA) is 65.7 Å². The van der Waals surface area contributed by atoms with E-state index in [9.17, 15) is 4.79 Å². The fraction of sp³-hybridized carbons (Fsp3) is 0.550. The van der Waals surface area contributed by atoms with Crippen LogP contribution in [0.2, 0.25) is 0 Å². The van der Waals surface area contributed by atoms with Gasteiger partial charge in [0.15, 0.2) is 0 Å². The summed E-state index contributed by atoms with van der Waals surface area (Å²) in [5.74, 6) is 1.62. The highest BCUT2D eigenvalue weighted by molar-refractivity contribution is 5.97. The Bertz CT molecular complexity index is 755. The number of amides is 1. The SMILES string of the molecule is CCc1nnc(CN2CCN([C@H]3CCCN(c4ccccc4)C3=O)CC2)o1. The summed E-state index contributed by atoms with van der Waals surface area (Å²) in [6, 6.07) is 10.0. The summed E-state index contributed by atoms with van der Waals surface area (Å²) < 4.78 is 5.62. The first-order valence-electron chi connectivity index (χ1n) is 9.88. The maximum absolute atomic E-state index is 13.1. The second-order valence-corrected chi connectivity index (χ2v) is 7.24. The number of hydrogen-bond donors (Lipinski definition) is 0. The van der Waals surface area contributed by atoms with Crippen LogP contribution in [0.4, 0.5) is 5.69 Å². The minimum atomic E-state index is -0.00351. The van der Waals surface area contributed by atoms with Crippen LogP contribution in [0, 0.1) is 0 Å². The Balaban J connectivity index is 1.34. The zero-order chi connectivity index (χ0) is 18.6. The zero-order valence-corrected chi connectivity index (χ0v) is 15.9. The van der Waals surface area contributed by atoms with Crippen LogP contribution in [0.5, 0.6) is 0 Å². The lowest BCUT2D eigenvalue weighted by molar-refractivity contribution is -0.126. The molecule has 4 rings (SSSR count). The van der Waals surface area contributed by atoms with Gasteiger partial charge in [0.2, 0.25) is 17.7 Å². The van der Waals surface area contributed by atoms with Crippen molar-refractivity contribution in [2.24, 2.45) is 0 Å². The standard InChI is InChI=1S/C20H27N5O2/c1-2-18-21-22-19(27-18)15-23-11-13-24(14-12-23)17-9-6-10-25(20(17)26)16-7-4-3-5-8-16/h3-5,7-8,17H,2,6,9-15H2,1H3/t17-/m0/s1. The van der Waals surface area contributed by atoms with Gasteiger partial charge >= 0.3 is 0 Å². The van der Waals surface area contributed by atoms with Crippen molar-refractivity contribution >= 4 is 11.6 Å². The molecular formula is C20H27N5O2. The molecule has 2 saturated heterocycles. The molecule has 1 atom stereocenters. The Morgan fingerprint density at radius 1 is 1.04 bits per heavy atom. The van der Waals surface area contributed by atoms with Crippen LogP contribution in [0.15, 0.2) is 34.7 Å². The van der Waals surface area contributed by atoms with Crippen LogP contribution < -0.4 is 4.90 Å². The van der Waals surface area contributed by atoms with Gasteiger partial charge in [0.05, 0.1) is 12.6 Å². The number of carbonyl (C=O) groups excluding carboxylic acids is 1. The third-order valence-electron chi connectivity index (χ3n) is 5.50. The molecule has 7 nitrogen and oxygen atoms in total. The number of benzene rings is 1. The van der Waals surface area contributed by atoms with Crippen molar-refractivity contribution in [1.82, 2.24) is 20.0 Å². The number of aryl methyl sites for hydroxylation is 1. The quantitative estimate of drug-likeness (QED) is 0.803. The lowest BCUT2D eigenvalue weighted by Crippen LogP contribution is -2.57. The molecule has 0 saturated carbocycles. The number of anilines is 1. The third kappa shape index (κ3) is 4.04. The van der Waals surface area contributed by atoms with Gasteiger partial charge in [-0.1, -0.05) is 25.1 Å². The van der Waals surface area contributed by atoms with E-state index in [0.29, 0.717) is 18.3 Å². The zero-order valence-electron chi connectivity index (χ0n) is 15.9. The Morgan fingerprint density at radius 2 is 1.78 bits per heavy atom. The molecule has 0 spiro atoms. The van der Waals surface area contributed by atoms with Crippen molar-refractivity contribution in [2.75, 3.05) is 37.6 Å². The maximum atomic E-state index is 13.1. The van der Waals surface area contributed by atoms with Gasteiger partial charge in [-0.3, -0.25) is 14.6 Å². The molecule has 1 aromatic carbocycles. The molecule has 27 heavy (non-hydrogen) atoms. The molecule has 1 amide bonds. The predicted octanol–water partition coefficient (Wildman–Crippen LogP) is 1.95. The molecule has 0 aliphatic carbocycles. The number of nitrogens with zero attached hydrogens (tertiary/aromatic N) is 5. The van der Waals surface area contributed by atoms with Crippen LogP contribution in [0.1, 0.15) is 31.5 Å². The summed E-state index contributed by atoms with van der Waals surface area (Å²) in [7, 11) is 0. The summed E-state index contributed by atoms with van der Waals surface area (Å²) in [4.78, 5) is 19.7. The summed E-state index contributed by atoms with van der Waals surface area (Å²) in [5.41, 5.74) is 1.01. The molecule has 0 N–H and O–H groups in total. The van der Waals surface area contributed by atoms with Crippen LogP contribution in [0.3, 0.4) is 0 Å². The van der Waals surface area contributed by atoms with E-state index in [1.165, 1.54) is 0 Å². The second-order valence-electron chi connectivity index (χ2n) is 7.24. The molecule has 2 aliphatic heterocycles. The van der Waals surface area contributed by atoms with Crippen molar-refractivity contribution in [3.05, 3.63) is 42.1 Å². The van der Waals surface area contributed by atoms with Gasteiger partial charge < -0.3 is 9.32 Å². The molecule has 3 heterocycles.